The number of rotatable bonds is 6. The van der Waals surface area contributed by atoms with Crippen molar-refractivity contribution in [1.29, 1.82) is 0 Å². The van der Waals surface area contributed by atoms with Crippen molar-refractivity contribution >= 4 is 0 Å². The van der Waals surface area contributed by atoms with Gasteiger partial charge in [0, 0.05) is 18.1 Å². The van der Waals surface area contributed by atoms with Gasteiger partial charge < -0.3 is 19.7 Å². The lowest BCUT2D eigenvalue weighted by molar-refractivity contribution is -0.0755. The van der Waals surface area contributed by atoms with Gasteiger partial charge in [0.05, 0.1) is 24.4 Å². The van der Waals surface area contributed by atoms with Crippen molar-refractivity contribution in [3.63, 3.8) is 0 Å². The minimum absolute atomic E-state index is 0.0305. The summed E-state index contributed by atoms with van der Waals surface area (Å²) in [5.41, 5.74) is 1.70. The highest BCUT2D eigenvalue weighted by atomic mass is 16.5. The molecule has 0 atom stereocenters. The number of aromatic nitrogens is 1. The van der Waals surface area contributed by atoms with E-state index in [4.69, 9.17) is 9.26 Å². The van der Waals surface area contributed by atoms with Crippen molar-refractivity contribution in [2.45, 2.75) is 25.8 Å². The van der Waals surface area contributed by atoms with Crippen LogP contribution < -0.4 is 5.32 Å². The average Bonchev–Trinajstić information content (AvgIpc) is 2.90. The summed E-state index contributed by atoms with van der Waals surface area (Å²) in [7, 11) is 0. The van der Waals surface area contributed by atoms with E-state index in [9.17, 15) is 5.11 Å². The molecule has 22 heavy (non-hydrogen) atoms. The number of phenolic OH excluding ortho intramolecular Hbond substituents is 1. The molecule has 0 aliphatic carbocycles. The zero-order valence-electron chi connectivity index (χ0n) is 13.0. The zero-order chi connectivity index (χ0) is 15.6. The Morgan fingerprint density at radius 3 is 2.77 bits per heavy atom. The first-order chi connectivity index (χ1) is 10.6. The van der Waals surface area contributed by atoms with Crippen LogP contribution in [0.3, 0.4) is 0 Å². The number of nitrogens with one attached hydrogen (secondary N) is 1. The van der Waals surface area contributed by atoms with E-state index in [1.807, 2.05) is 12.1 Å². The van der Waals surface area contributed by atoms with Gasteiger partial charge in [0.25, 0.3) is 0 Å². The maximum Gasteiger partial charge on any atom is 0.167 e. The third-order valence-corrected chi connectivity index (χ3v) is 3.85. The van der Waals surface area contributed by atoms with E-state index in [-0.39, 0.29) is 11.3 Å². The van der Waals surface area contributed by atoms with Crippen LogP contribution >= 0.6 is 0 Å². The molecule has 1 saturated heterocycles. The van der Waals surface area contributed by atoms with E-state index in [1.54, 1.807) is 18.2 Å². The van der Waals surface area contributed by atoms with Crippen molar-refractivity contribution in [3.05, 3.63) is 36.0 Å². The van der Waals surface area contributed by atoms with Crippen LogP contribution in [0.1, 0.15) is 19.5 Å². The Balaban J connectivity index is 1.71. The quantitative estimate of drug-likeness (QED) is 0.858. The lowest BCUT2D eigenvalue weighted by atomic mass is 9.90. The van der Waals surface area contributed by atoms with Crippen LogP contribution in [0.15, 0.2) is 34.9 Å². The molecule has 1 aromatic heterocycles. The lowest BCUT2D eigenvalue weighted by Gasteiger charge is -2.42. The molecule has 2 aromatic rings. The van der Waals surface area contributed by atoms with Crippen LogP contribution in [0.25, 0.3) is 11.3 Å². The molecule has 0 unspecified atom stereocenters. The molecule has 1 aromatic carbocycles. The first kappa shape index (κ1) is 15.1. The lowest BCUT2D eigenvalue weighted by Crippen LogP contribution is -2.62. The van der Waals surface area contributed by atoms with E-state index in [2.05, 4.69) is 24.3 Å². The van der Waals surface area contributed by atoms with Crippen LogP contribution in [0.4, 0.5) is 0 Å². The first-order valence-electron chi connectivity index (χ1n) is 7.64. The van der Waals surface area contributed by atoms with Crippen molar-refractivity contribution < 1.29 is 14.4 Å². The smallest absolute Gasteiger partial charge is 0.167 e. The monoisotopic (exact) mass is 302 g/mol. The predicted octanol–water partition coefficient (Wildman–Crippen LogP) is 2.60. The summed E-state index contributed by atoms with van der Waals surface area (Å²) in [6, 6.07) is 8.92. The van der Waals surface area contributed by atoms with Crippen molar-refractivity contribution in [2.24, 2.45) is 5.92 Å². The van der Waals surface area contributed by atoms with Crippen molar-refractivity contribution in [2.75, 3.05) is 19.8 Å². The highest BCUT2D eigenvalue weighted by Crippen LogP contribution is 2.27. The van der Waals surface area contributed by atoms with Gasteiger partial charge in [0.2, 0.25) is 0 Å². The average molecular weight is 302 g/mol. The van der Waals surface area contributed by atoms with Gasteiger partial charge in [-0.1, -0.05) is 31.1 Å². The molecule has 1 aliphatic rings. The number of nitrogens with zero attached hydrogens (tertiary/aromatic N) is 1. The summed E-state index contributed by atoms with van der Waals surface area (Å²) in [6.45, 7) is 6.75. The molecule has 2 heterocycles. The minimum atomic E-state index is -0.0305. The Bertz CT molecular complexity index is 632. The summed E-state index contributed by atoms with van der Waals surface area (Å²) in [6.07, 6.45) is 0.780. The predicted molar refractivity (Wildman–Crippen MR) is 83.7 cm³/mol. The highest BCUT2D eigenvalue weighted by Gasteiger charge is 2.39. The van der Waals surface area contributed by atoms with E-state index < -0.39 is 0 Å². The fraction of sp³-hybridized carbons (Fsp3) is 0.471. The van der Waals surface area contributed by atoms with Gasteiger partial charge >= 0.3 is 0 Å². The summed E-state index contributed by atoms with van der Waals surface area (Å²) >= 11 is 0. The second-order valence-electron chi connectivity index (χ2n) is 6.46. The highest BCUT2D eigenvalue weighted by molar-refractivity contribution is 5.59. The molecule has 1 fully saturated rings. The molecular formula is C17H22N2O3. The van der Waals surface area contributed by atoms with Gasteiger partial charge in [-0.25, -0.2) is 0 Å². The van der Waals surface area contributed by atoms with E-state index in [1.165, 1.54) is 0 Å². The normalized spacial score (nSPS) is 16.7. The molecule has 5 nitrogen and oxygen atoms in total. The number of hydrogen-bond acceptors (Lipinski definition) is 5. The zero-order valence-corrected chi connectivity index (χ0v) is 13.0. The second-order valence-corrected chi connectivity index (χ2v) is 6.46. The van der Waals surface area contributed by atoms with Gasteiger partial charge in [0.15, 0.2) is 5.76 Å². The van der Waals surface area contributed by atoms with Gasteiger partial charge in [-0.2, -0.15) is 0 Å². The Labute approximate surface area is 130 Å². The molecule has 0 amide bonds. The van der Waals surface area contributed by atoms with E-state index in [0.717, 1.165) is 24.2 Å². The molecular weight excluding hydrogens is 280 g/mol. The second kappa shape index (κ2) is 6.10. The summed E-state index contributed by atoms with van der Waals surface area (Å²) in [5, 5.41) is 17.3. The molecule has 3 rings (SSSR count). The fourth-order valence-electron chi connectivity index (χ4n) is 2.57. The topological polar surface area (TPSA) is 67.5 Å². The molecule has 1 aliphatic heterocycles. The summed E-state index contributed by atoms with van der Waals surface area (Å²) in [4.78, 5) is 0. The standard InChI is InChI=1S/C17H22N2O3/c1-12(2)9-18-17(10-21-11-17)8-14-7-16(22-19-14)13-4-3-5-15(20)6-13/h3-7,12,18,20H,8-11H2,1-2H3. The maximum absolute atomic E-state index is 9.55. The van der Waals surface area contributed by atoms with Gasteiger partial charge in [-0.3, -0.25) is 0 Å². The maximum atomic E-state index is 9.55. The third-order valence-electron chi connectivity index (χ3n) is 3.85. The molecule has 5 heteroatoms. The van der Waals surface area contributed by atoms with Crippen molar-refractivity contribution in [3.8, 4) is 17.1 Å². The fourth-order valence-corrected chi connectivity index (χ4v) is 2.57. The summed E-state index contributed by atoms with van der Waals surface area (Å²) in [5.74, 6) is 1.49. The first-order valence-corrected chi connectivity index (χ1v) is 7.64. The van der Waals surface area contributed by atoms with Crippen LogP contribution in [-0.2, 0) is 11.2 Å². The molecule has 0 radical (unpaired) electrons. The molecule has 0 bridgehead atoms. The van der Waals surface area contributed by atoms with Crippen LogP contribution in [0.2, 0.25) is 0 Å². The van der Waals surface area contributed by atoms with Crippen molar-refractivity contribution in [1.82, 2.24) is 10.5 Å². The van der Waals surface area contributed by atoms with E-state index >= 15 is 0 Å². The Kier molecular flexibility index (Phi) is 4.18. The van der Waals surface area contributed by atoms with Gasteiger partial charge in [-0.05, 0) is 24.6 Å². The third kappa shape index (κ3) is 3.31. The Hall–Kier alpha value is -1.85. The molecule has 0 spiro atoms. The minimum Gasteiger partial charge on any atom is -0.508 e. The summed E-state index contributed by atoms with van der Waals surface area (Å²) < 4.78 is 10.8. The van der Waals surface area contributed by atoms with Crippen LogP contribution in [-0.4, -0.2) is 35.6 Å². The number of hydrogen-bond donors (Lipinski definition) is 2. The van der Waals surface area contributed by atoms with Crippen LogP contribution in [0.5, 0.6) is 5.75 Å². The molecule has 2 N–H and O–H groups in total. The number of ether oxygens (including phenoxy) is 1. The SMILES string of the molecule is CC(C)CNC1(Cc2cc(-c3cccc(O)c3)on2)COC1. The van der Waals surface area contributed by atoms with E-state index in [0.29, 0.717) is 24.9 Å². The Morgan fingerprint density at radius 1 is 1.32 bits per heavy atom. The molecule has 0 saturated carbocycles. The van der Waals surface area contributed by atoms with Crippen LogP contribution in [0, 0.1) is 5.92 Å². The number of phenols is 1. The number of aromatic hydroxyl groups is 1. The molecule has 118 valence electrons. The Morgan fingerprint density at radius 2 is 2.14 bits per heavy atom. The largest absolute Gasteiger partial charge is 0.508 e. The van der Waals surface area contributed by atoms with Gasteiger partial charge in [0.1, 0.15) is 5.75 Å². The number of benzene rings is 1. The van der Waals surface area contributed by atoms with Gasteiger partial charge in [-0.15, -0.1) is 0 Å².